The average Bonchev–Trinajstić information content (AvgIpc) is 3.47. The second-order valence-corrected chi connectivity index (χ2v) is 7.71. The standard InChI is InChI=1S/C22H29N5O7/c1-4-27(23-2)22(31)34-14-6-5-13(7-14)17-10-20(26-25-17)24-21(30)12-33-19-9-15(32-3)8-18(29)16(19)11-28/h8-11,13-14,23,29H,4-7,12H2,1-3H3,(H2,24,25,26,30)/t13-,14+/m0/s1. The van der Waals surface area contributed by atoms with Crippen molar-refractivity contribution in [1.29, 1.82) is 0 Å². The van der Waals surface area contributed by atoms with E-state index < -0.39 is 18.6 Å². The summed E-state index contributed by atoms with van der Waals surface area (Å²) in [7, 11) is 3.06. The lowest BCUT2D eigenvalue weighted by Gasteiger charge is -2.21. The van der Waals surface area contributed by atoms with Crippen molar-refractivity contribution in [1.82, 2.24) is 20.6 Å². The fourth-order valence-electron chi connectivity index (χ4n) is 3.79. The molecule has 34 heavy (non-hydrogen) atoms. The monoisotopic (exact) mass is 475 g/mol. The Labute approximate surface area is 196 Å². The molecule has 3 rings (SSSR count). The number of ether oxygens (including phenoxy) is 3. The Hall–Kier alpha value is -3.80. The molecule has 2 amide bonds. The van der Waals surface area contributed by atoms with Crippen LogP contribution in [0.4, 0.5) is 10.6 Å². The Bertz CT molecular complexity index is 1020. The van der Waals surface area contributed by atoms with Crippen molar-refractivity contribution in [3.63, 3.8) is 0 Å². The van der Waals surface area contributed by atoms with Crippen molar-refractivity contribution in [3.05, 3.63) is 29.5 Å². The molecular formula is C22H29N5O7. The van der Waals surface area contributed by atoms with Gasteiger partial charge in [0.2, 0.25) is 0 Å². The number of hydrogen-bond donors (Lipinski definition) is 4. The molecule has 0 spiro atoms. The number of hydrazine groups is 1. The van der Waals surface area contributed by atoms with Crippen LogP contribution in [0, 0.1) is 0 Å². The highest BCUT2D eigenvalue weighted by Crippen LogP contribution is 2.36. The lowest BCUT2D eigenvalue weighted by atomic mass is 10.0. The maximum atomic E-state index is 12.3. The molecular weight excluding hydrogens is 446 g/mol. The molecule has 0 unspecified atom stereocenters. The van der Waals surface area contributed by atoms with Gasteiger partial charge >= 0.3 is 6.09 Å². The van der Waals surface area contributed by atoms with E-state index >= 15 is 0 Å². The van der Waals surface area contributed by atoms with Gasteiger partial charge in [0.15, 0.2) is 18.7 Å². The number of phenols is 1. The quantitative estimate of drug-likeness (QED) is 0.299. The number of carbonyl (C=O) groups excluding carboxylic acids is 3. The average molecular weight is 476 g/mol. The summed E-state index contributed by atoms with van der Waals surface area (Å²) in [5.41, 5.74) is 3.53. The minimum atomic E-state index is -0.498. The summed E-state index contributed by atoms with van der Waals surface area (Å²) in [6.07, 6.45) is 2.04. The number of hydrogen-bond acceptors (Lipinski definition) is 9. The SMILES string of the molecule is CCN(NC)C(=O)O[C@@H]1CC[C@H](c2cc(NC(=O)COc3cc(OC)cc(O)c3C=O)n[nH]2)C1. The fraction of sp³-hybridized carbons (Fsp3) is 0.455. The highest BCUT2D eigenvalue weighted by atomic mass is 16.6. The second-order valence-electron chi connectivity index (χ2n) is 7.71. The van der Waals surface area contributed by atoms with E-state index in [-0.39, 0.29) is 34.8 Å². The van der Waals surface area contributed by atoms with E-state index in [1.54, 1.807) is 13.1 Å². The predicted octanol–water partition coefficient (Wildman–Crippen LogP) is 2.18. The number of nitrogens with zero attached hydrogens (tertiary/aromatic N) is 2. The van der Waals surface area contributed by atoms with Gasteiger partial charge < -0.3 is 24.6 Å². The van der Waals surface area contributed by atoms with Crippen molar-refractivity contribution in [2.45, 2.75) is 38.2 Å². The van der Waals surface area contributed by atoms with Crippen LogP contribution in [0.15, 0.2) is 18.2 Å². The fourth-order valence-corrected chi connectivity index (χ4v) is 3.79. The van der Waals surface area contributed by atoms with Gasteiger partial charge in [0.25, 0.3) is 5.91 Å². The first-order valence-corrected chi connectivity index (χ1v) is 10.9. The topological polar surface area (TPSA) is 155 Å². The first-order valence-electron chi connectivity index (χ1n) is 10.9. The molecule has 0 bridgehead atoms. The highest BCUT2D eigenvalue weighted by molar-refractivity contribution is 5.91. The van der Waals surface area contributed by atoms with Crippen molar-refractivity contribution in [2.75, 3.05) is 32.6 Å². The van der Waals surface area contributed by atoms with Crippen LogP contribution < -0.4 is 20.2 Å². The maximum Gasteiger partial charge on any atom is 0.424 e. The zero-order valence-corrected chi connectivity index (χ0v) is 19.3. The largest absolute Gasteiger partial charge is 0.507 e. The molecule has 1 aromatic carbocycles. The molecule has 12 heteroatoms. The lowest BCUT2D eigenvalue weighted by molar-refractivity contribution is -0.118. The molecule has 184 valence electrons. The third-order valence-electron chi connectivity index (χ3n) is 5.57. The number of aromatic hydroxyl groups is 1. The van der Waals surface area contributed by atoms with Crippen LogP contribution in [-0.4, -0.2) is 72.0 Å². The lowest BCUT2D eigenvalue weighted by Crippen LogP contribution is -2.41. The van der Waals surface area contributed by atoms with Crippen molar-refractivity contribution in [3.8, 4) is 17.2 Å². The molecule has 1 aliphatic rings. The Morgan fingerprint density at radius 2 is 2.12 bits per heavy atom. The Kier molecular flexibility index (Phi) is 8.30. The van der Waals surface area contributed by atoms with Crippen LogP contribution in [0.3, 0.4) is 0 Å². The van der Waals surface area contributed by atoms with Crippen molar-refractivity contribution in [2.24, 2.45) is 0 Å². The summed E-state index contributed by atoms with van der Waals surface area (Å²) in [6.45, 7) is 1.94. The van der Waals surface area contributed by atoms with E-state index in [0.29, 0.717) is 25.1 Å². The number of aldehydes is 1. The number of methoxy groups -OCH3 is 1. The molecule has 0 aliphatic heterocycles. The van der Waals surface area contributed by atoms with Gasteiger partial charge in [-0.25, -0.2) is 15.2 Å². The number of aromatic amines is 1. The van der Waals surface area contributed by atoms with E-state index in [1.807, 2.05) is 6.92 Å². The molecule has 1 aromatic heterocycles. The van der Waals surface area contributed by atoms with Crippen LogP contribution in [0.5, 0.6) is 17.2 Å². The molecule has 1 fully saturated rings. The van der Waals surface area contributed by atoms with E-state index in [4.69, 9.17) is 14.2 Å². The molecule has 4 N–H and O–H groups in total. The molecule has 1 aliphatic carbocycles. The number of carbonyl (C=O) groups is 3. The molecule has 12 nitrogen and oxygen atoms in total. The summed E-state index contributed by atoms with van der Waals surface area (Å²) in [4.78, 5) is 35.6. The van der Waals surface area contributed by atoms with Gasteiger partial charge in [0.05, 0.1) is 12.7 Å². The van der Waals surface area contributed by atoms with Crippen LogP contribution in [-0.2, 0) is 9.53 Å². The summed E-state index contributed by atoms with van der Waals surface area (Å²) in [6, 6.07) is 4.41. The van der Waals surface area contributed by atoms with E-state index in [0.717, 1.165) is 18.5 Å². The predicted molar refractivity (Wildman–Crippen MR) is 121 cm³/mol. The number of aromatic nitrogens is 2. The summed E-state index contributed by atoms with van der Waals surface area (Å²) in [5, 5.41) is 20.9. The number of nitrogens with one attached hydrogen (secondary N) is 3. The highest BCUT2D eigenvalue weighted by Gasteiger charge is 2.31. The zero-order valence-electron chi connectivity index (χ0n) is 19.3. The van der Waals surface area contributed by atoms with Gasteiger partial charge in [0.1, 0.15) is 23.4 Å². The van der Waals surface area contributed by atoms with Gasteiger partial charge in [0, 0.05) is 43.4 Å². The molecule has 2 atom stereocenters. The minimum absolute atomic E-state index is 0.0242. The van der Waals surface area contributed by atoms with E-state index in [1.165, 1.54) is 24.3 Å². The van der Waals surface area contributed by atoms with E-state index in [2.05, 4.69) is 20.9 Å². The third kappa shape index (κ3) is 5.95. The van der Waals surface area contributed by atoms with Crippen LogP contribution in [0.2, 0.25) is 0 Å². The summed E-state index contributed by atoms with van der Waals surface area (Å²) >= 11 is 0. The van der Waals surface area contributed by atoms with E-state index in [9.17, 15) is 19.5 Å². The second kappa shape index (κ2) is 11.4. The van der Waals surface area contributed by atoms with Crippen molar-refractivity contribution < 1.29 is 33.7 Å². The number of rotatable bonds is 10. The number of H-pyrrole nitrogens is 1. The van der Waals surface area contributed by atoms with Gasteiger partial charge in [-0.1, -0.05) is 0 Å². The maximum absolute atomic E-state index is 12.3. The van der Waals surface area contributed by atoms with Gasteiger partial charge in [-0.2, -0.15) is 5.10 Å². The number of phenolic OH excluding ortho intramolecular Hbond substituents is 1. The van der Waals surface area contributed by atoms with Crippen LogP contribution in [0.25, 0.3) is 0 Å². The normalized spacial score (nSPS) is 17.1. The molecule has 0 radical (unpaired) electrons. The Morgan fingerprint density at radius 3 is 2.79 bits per heavy atom. The van der Waals surface area contributed by atoms with Crippen LogP contribution >= 0.6 is 0 Å². The number of amides is 2. The zero-order chi connectivity index (χ0) is 24.7. The Morgan fingerprint density at radius 1 is 1.32 bits per heavy atom. The molecule has 1 heterocycles. The molecule has 2 aromatic rings. The van der Waals surface area contributed by atoms with Crippen molar-refractivity contribution >= 4 is 24.1 Å². The number of anilines is 1. The first kappa shape index (κ1) is 24.8. The third-order valence-corrected chi connectivity index (χ3v) is 5.57. The minimum Gasteiger partial charge on any atom is -0.507 e. The number of benzene rings is 1. The summed E-state index contributed by atoms with van der Waals surface area (Å²) in [5.74, 6) is -0.0643. The molecule has 1 saturated carbocycles. The van der Waals surface area contributed by atoms with Gasteiger partial charge in [-0.05, 0) is 26.2 Å². The van der Waals surface area contributed by atoms with Gasteiger partial charge in [-0.15, -0.1) is 0 Å². The first-order chi connectivity index (χ1) is 16.4. The smallest absolute Gasteiger partial charge is 0.424 e. The Balaban J connectivity index is 1.52. The summed E-state index contributed by atoms with van der Waals surface area (Å²) < 4.78 is 16.0. The van der Waals surface area contributed by atoms with Gasteiger partial charge in [-0.3, -0.25) is 14.7 Å². The molecule has 0 saturated heterocycles. The van der Waals surface area contributed by atoms with Crippen LogP contribution in [0.1, 0.15) is 48.2 Å².